The molecule has 0 bridgehead atoms. The van der Waals surface area contributed by atoms with E-state index in [-0.39, 0.29) is 12.3 Å². The van der Waals surface area contributed by atoms with Crippen molar-refractivity contribution in [3.8, 4) is 0 Å². The number of nitrogens with one attached hydrogen (secondary N) is 1. The van der Waals surface area contributed by atoms with Crippen LogP contribution in [0.25, 0.3) is 0 Å². The highest BCUT2D eigenvalue weighted by Gasteiger charge is 2.13. The molecule has 0 heterocycles. The summed E-state index contributed by atoms with van der Waals surface area (Å²) in [6.45, 7) is 1.98. The van der Waals surface area contributed by atoms with Gasteiger partial charge in [0.05, 0.1) is 24.8 Å². The van der Waals surface area contributed by atoms with E-state index in [2.05, 4.69) is 5.32 Å². The Morgan fingerprint density at radius 3 is 2.57 bits per heavy atom. The molecule has 0 spiro atoms. The Hall–Kier alpha value is -2.62. The molecule has 2 rings (SSSR count). The molecule has 0 atom stereocenters. The first-order chi connectivity index (χ1) is 10.1. The third-order valence-corrected chi connectivity index (χ3v) is 3.05. The van der Waals surface area contributed by atoms with Gasteiger partial charge in [0.2, 0.25) is 5.91 Å². The van der Waals surface area contributed by atoms with E-state index < -0.39 is 5.97 Å². The van der Waals surface area contributed by atoms with Gasteiger partial charge in [-0.05, 0) is 24.6 Å². The molecule has 108 valence electrons. The predicted octanol–water partition coefficient (Wildman–Crippen LogP) is 2.96. The number of aryl methyl sites for hydroxylation is 1. The number of methoxy groups -OCH3 is 1. The Bertz CT molecular complexity index is 665. The molecule has 2 aromatic rings. The number of rotatable bonds is 4. The number of hydrogen-bond acceptors (Lipinski definition) is 3. The lowest BCUT2D eigenvalue weighted by atomic mass is 10.1. The highest BCUT2D eigenvalue weighted by atomic mass is 16.5. The van der Waals surface area contributed by atoms with Crippen molar-refractivity contribution in [1.82, 2.24) is 0 Å². The summed E-state index contributed by atoms with van der Waals surface area (Å²) in [7, 11) is 1.31. The van der Waals surface area contributed by atoms with E-state index in [9.17, 15) is 9.59 Å². The van der Waals surface area contributed by atoms with Gasteiger partial charge in [-0.3, -0.25) is 4.79 Å². The largest absolute Gasteiger partial charge is 0.465 e. The Labute approximate surface area is 123 Å². The molecule has 1 N–H and O–H groups in total. The lowest BCUT2D eigenvalue weighted by Gasteiger charge is -2.09. The molecule has 0 saturated carbocycles. The highest BCUT2D eigenvalue weighted by molar-refractivity contribution is 6.01. The molecule has 0 saturated heterocycles. The van der Waals surface area contributed by atoms with Gasteiger partial charge in [0, 0.05) is 0 Å². The first kappa shape index (κ1) is 14.8. The Morgan fingerprint density at radius 1 is 1.10 bits per heavy atom. The molecule has 4 nitrogen and oxygen atoms in total. The van der Waals surface area contributed by atoms with Gasteiger partial charge >= 0.3 is 5.97 Å². The number of carbonyl (C=O) groups is 2. The van der Waals surface area contributed by atoms with Crippen LogP contribution < -0.4 is 5.32 Å². The zero-order valence-corrected chi connectivity index (χ0v) is 12.1. The van der Waals surface area contributed by atoms with Crippen LogP contribution in [0.5, 0.6) is 0 Å². The van der Waals surface area contributed by atoms with Crippen molar-refractivity contribution in [2.24, 2.45) is 0 Å². The second-order valence-corrected chi connectivity index (χ2v) is 4.75. The van der Waals surface area contributed by atoms with Crippen LogP contribution in [0.4, 0.5) is 5.69 Å². The van der Waals surface area contributed by atoms with Crippen molar-refractivity contribution < 1.29 is 14.3 Å². The predicted molar refractivity (Wildman–Crippen MR) is 81.3 cm³/mol. The number of hydrogen-bond donors (Lipinski definition) is 1. The van der Waals surface area contributed by atoms with E-state index in [1.165, 1.54) is 7.11 Å². The summed E-state index contributed by atoms with van der Waals surface area (Å²) in [4.78, 5) is 23.7. The Balaban J connectivity index is 2.11. The third-order valence-electron chi connectivity index (χ3n) is 3.05. The molecule has 0 fully saturated rings. The lowest BCUT2D eigenvalue weighted by Crippen LogP contribution is -2.17. The first-order valence-corrected chi connectivity index (χ1v) is 6.63. The molecule has 0 radical (unpaired) electrons. The summed E-state index contributed by atoms with van der Waals surface area (Å²) in [5.41, 5.74) is 2.85. The number of para-hydroxylation sites is 1. The van der Waals surface area contributed by atoms with Gasteiger partial charge < -0.3 is 10.1 Å². The van der Waals surface area contributed by atoms with Crippen molar-refractivity contribution in [3.63, 3.8) is 0 Å². The molecule has 0 unspecified atom stereocenters. The van der Waals surface area contributed by atoms with Crippen LogP contribution in [0.1, 0.15) is 21.5 Å². The molecule has 2 aromatic carbocycles. The van der Waals surface area contributed by atoms with Crippen LogP contribution in [-0.2, 0) is 16.0 Å². The van der Waals surface area contributed by atoms with E-state index in [0.29, 0.717) is 11.3 Å². The van der Waals surface area contributed by atoms with Gasteiger partial charge in [0.1, 0.15) is 0 Å². The molecule has 1 amide bonds. The standard InChI is InChI=1S/C17H17NO3/c1-12-6-5-7-13(10-12)11-16(19)18-15-9-4-3-8-14(15)17(20)21-2/h3-10H,11H2,1-2H3,(H,18,19). The van der Waals surface area contributed by atoms with E-state index in [4.69, 9.17) is 4.74 Å². The Kier molecular flexibility index (Phi) is 4.72. The summed E-state index contributed by atoms with van der Waals surface area (Å²) in [5, 5.41) is 2.75. The fraction of sp³-hybridized carbons (Fsp3) is 0.176. The molecule has 4 heteroatoms. The van der Waals surface area contributed by atoms with Gasteiger partial charge in [0.25, 0.3) is 0 Å². The molecule has 0 aliphatic carbocycles. The molecule has 0 aliphatic heterocycles. The van der Waals surface area contributed by atoms with Gasteiger partial charge in [-0.2, -0.15) is 0 Å². The maximum atomic E-state index is 12.1. The van der Waals surface area contributed by atoms with Crippen LogP contribution in [0.2, 0.25) is 0 Å². The number of benzene rings is 2. The summed E-state index contributed by atoms with van der Waals surface area (Å²) in [6, 6.07) is 14.5. The van der Waals surface area contributed by atoms with E-state index in [1.807, 2.05) is 31.2 Å². The maximum Gasteiger partial charge on any atom is 0.339 e. The average Bonchev–Trinajstić information content (AvgIpc) is 2.47. The minimum absolute atomic E-state index is 0.169. The first-order valence-electron chi connectivity index (χ1n) is 6.63. The van der Waals surface area contributed by atoms with Gasteiger partial charge in [-0.15, -0.1) is 0 Å². The van der Waals surface area contributed by atoms with Gasteiger partial charge in [0.15, 0.2) is 0 Å². The van der Waals surface area contributed by atoms with Crippen LogP contribution in [0, 0.1) is 6.92 Å². The van der Waals surface area contributed by atoms with Crippen molar-refractivity contribution in [2.75, 3.05) is 12.4 Å². The van der Waals surface area contributed by atoms with Crippen molar-refractivity contribution >= 4 is 17.6 Å². The number of anilines is 1. The fourth-order valence-corrected chi connectivity index (χ4v) is 2.08. The third kappa shape index (κ3) is 3.92. The quantitative estimate of drug-likeness (QED) is 0.878. The smallest absolute Gasteiger partial charge is 0.339 e. The summed E-state index contributed by atoms with van der Waals surface area (Å²) in [5.74, 6) is -0.640. The molecular formula is C17H17NO3. The van der Waals surface area contributed by atoms with Crippen molar-refractivity contribution in [3.05, 3.63) is 65.2 Å². The van der Waals surface area contributed by atoms with Gasteiger partial charge in [-0.1, -0.05) is 42.0 Å². The van der Waals surface area contributed by atoms with Crippen LogP contribution in [-0.4, -0.2) is 19.0 Å². The average molecular weight is 283 g/mol. The number of esters is 1. The van der Waals surface area contributed by atoms with E-state index >= 15 is 0 Å². The monoisotopic (exact) mass is 283 g/mol. The summed E-state index contributed by atoms with van der Waals surface area (Å²) < 4.78 is 4.70. The SMILES string of the molecule is COC(=O)c1ccccc1NC(=O)Cc1cccc(C)c1. The van der Waals surface area contributed by atoms with E-state index in [0.717, 1.165) is 11.1 Å². The Morgan fingerprint density at radius 2 is 1.86 bits per heavy atom. The zero-order chi connectivity index (χ0) is 15.2. The van der Waals surface area contributed by atoms with E-state index in [1.54, 1.807) is 24.3 Å². The minimum Gasteiger partial charge on any atom is -0.465 e. The van der Waals surface area contributed by atoms with Crippen LogP contribution >= 0.6 is 0 Å². The maximum absolute atomic E-state index is 12.1. The minimum atomic E-state index is -0.471. The number of carbonyl (C=O) groups excluding carboxylic acids is 2. The fourth-order valence-electron chi connectivity index (χ4n) is 2.08. The highest BCUT2D eigenvalue weighted by Crippen LogP contribution is 2.16. The lowest BCUT2D eigenvalue weighted by molar-refractivity contribution is -0.115. The summed E-state index contributed by atoms with van der Waals surface area (Å²) in [6.07, 6.45) is 0.261. The zero-order valence-electron chi connectivity index (χ0n) is 12.1. The van der Waals surface area contributed by atoms with Gasteiger partial charge in [-0.25, -0.2) is 4.79 Å². The number of ether oxygens (including phenoxy) is 1. The normalized spacial score (nSPS) is 10.0. The van der Waals surface area contributed by atoms with Crippen molar-refractivity contribution in [1.29, 1.82) is 0 Å². The molecule has 0 aromatic heterocycles. The summed E-state index contributed by atoms with van der Waals surface area (Å²) >= 11 is 0. The van der Waals surface area contributed by atoms with Crippen LogP contribution in [0.3, 0.4) is 0 Å². The molecular weight excluding hydrogens is 266 g/mol. The van der Waals surface area contributed by atoms with Crippen molar-refractivity contribution in [2.45, 2.75) is 13.3 Å². The van der Waals surface area contributed by atoms with Crippen LogP contribution in [0.15, 0.2) is 48.5 Å². The molecule has 21 heavy (non-hydrogen) atoms. The second-order valence-electron chi connectivity index (χ2n) is 4.75. The number of amides is 1. The molecule has 0 aliphatic rings. The topological polar surface area (TPSA) is 55.4 Å². The second kappa shape index (κ2) is 6.70.